The lowest BCUT2D eigenvalue weighted by molar-refractivity contribution is 0.557. The molecule has 0 amide bonds. The van der Waals surface area contributed by atoms with Crippen molar-refractivity contribution in [1.29, 1.82) is 5.26 Å². The fourth-order valence-electron chi connectivity index (χ4n) is 1.66. The van der Waals surface area contributed by atoms with Crippen LogP contribution in [0.3, 0.4) is 0 Å². The maximum absolute atomic E-state index is 13.1. The van der Waals surface area contributed by atoms with E-state index in [1.807, 2.05) is 0 Å². The average Bonchev–Trinajstić information content (AvgIpc) is 3.01. The lowest BCUT2D eigenvalue weighted by atomic mass is 10.0. The first-order chi connectivity index (χ1) is 7.65. The molecule has 0 saturated heterocycles. The molecule has 0 unspecified atom stereocenters. The van der Waals surface area contributed by atoms with Crippen LogP contribution in [0.2, 0.25) is 5.02 Å². The molecular formula is C12H12ClFN2. The van der Waals surface area contributed by atoms with Gasteiger partial charge in [-0.2, -0.15) is 5.26 Å². The van der Waals surface area contributed by atoms with Crippen LogP contribution in [0.25, 0.3) is 0 Å². The molecule has 1 aromatic carbocycles. The third-order valence-corrected chi connectivity index (χ3v) is 3.30. The minimum Gasteiger partial charge on any atom is -0.384 e. The first-order valence-electron chi connectivity index (χ1n) is 5.21. The van der Waals surface area contributed by atoms with Crippen molar-refractivity contribution in [3.63, 3.8) is 0 Å². The minimum atomic E-state index is -0.420. The number of nitrogens with one attached hydrogen (secondary N) is 1. The van der Waals surface area contributed by atoms with Crippen molar-refractivity contribution in [2.45, 2.75) is 19.3 Å². The van der Waals surface area contributed by atoms with Crippen LogP contribution in [0.1, 0.15) is 19.3 Å². The first kappa shape index (κ1) is 11.2. The number of rotatable bonds is 4. The van der Waals surface area contributed by atoms with Gasteiger partial charge >= 0.3 is 0 Å². The van der Waals surface area contributed by atoms with Gasteiger partial charge in [-0.25, -0.2) is 4.39 Å². The Morgan fingerprint density at radius 1 is 1.50 bits per heavy atom. The number of benzene rings is 1. The fourth-order valence-corrected chi connectivity index (χ4v) is 1.77. The highest BCUT2D eigenvalue weighted by Crippen LogP contribution is 2.48. The zero-order valence-corrected chi connectivity index (χ0v) is 9.52. The molecule has 1 fully saturated rings. The SMILES string of the molecule is N#CCC1(CNc2ccc(Cl)c(F)c2)CC1. The standard InChI is InChI=1S/C12H12ClFN2/c13-10-2-1-9(7-11(10)14)16-8-12(3-4-12)5-6-15/h1-2,7,16H,3-5,8H2. The molecule has 1 N–H and O–H groups in total. The van der Waals surface area contributed by atoms with Crippen LogP contribution in [0, 0.1) is 22.6 Å². The highest BCUT2D eigenvalue weighted by molar-refractivity contribution is 6.30. The molecule has 2 nitrogen and oxygen atoms in total. The average molecular weight is 239 g/mol. The molecule has 84 valence electrons. The maximum atomic E-state index is 13.1. The molecule has 1 saturated carbocycles. The van der Waals surface area contributed by atoms with Crippen LogP contribution in [0.4, 0.5) is 10.1 Å². The molecule has 1 aliphatic rings. The Balaban J connectivity index is 1.95. The van der Waals surface area contributed by atoms with Crippen molar-refractivity contribution in [2.24, 2.45) is 5.41 Å². The van der Waals surface area contributed by atoms with Crippen molar-refractivity contribution in [3.05, 3.63) is 29.0 Å². The summed E-state index contributed by atoms with van der Waals surface area (Å²) in [6.07, 6.45) is 2.71. The number of halogens is 2. The summed E-state index contributed by atoms with van der Waals surface area (Å²) in [4.78, 5) is 0. The monoisotopic (exact) mass is 238 g/mol. The summed E-state index contributed by atoms with van der Waals surface area (Å²) in [6.45, 7) is 0.724. The van der Waals surface area contributed by atoms with E-state index >= 15 is 0 Å². The van der Waals surface area contributed by atoms with Gasteiger partial charge in [0.05, 0.1) is 11.1 Å². The normalized spacial score (nSPS) is 16.6. The third-order valence-electron chi connectivity index (χ3n) is 3.00. The Morgan fingerprint density at radius 3 is 2.81 bits per heavy atom. The summed E-state index contributed by atoms with van der Waals surface area (Å²) in [5.41, 5.74) is 0.830. The zero-order valence-electron chi connectivity index (χ0n) is 8.76. The summed E-state index contributed by atoms with van der Waals surface area (Å²) >= 11 is 5.59. The van der Waals surface area contributed by atoms with Crippen LogP contribution < -0.4 is 5.32 Å². The van der Waals surface area contributed by atoms with Crippen molar-refractivity contribution >= 4 is 17.3 Å². The summed E-state index contributed by atoms with van der Waals surface area (Å²) in [7, 11) is 0. The molecule has 16 heavy (non-hydrogen) atoms. The fraction of sp³-hybridized carbons (Fsp3) is 0.417. The van der Waals surface area contributed by atoms with E-state index in [4.69, 9.17) is 16.9 Å². The van der Waals surface area contributed by atoms with E-state index in [0.717, 1.165) is 19.4 Å². The van der Waals surface area contributed by atoms with E-state index in [0.29, 0.717) is 12.1 Å². The second kappa shape index (κ2) is 4.31. The van der Waals surface area contributed by atoms with Gasteiger partial charge in [0.1, 0.15) is 5.82 Å². The van der Waals surface area contributed by atoms with Gasteiger partial charge in [0, 0.05) is 24.1 Å². The van der Waals surface area contributed by atoms with Crippen LogP contribution in [-0.2, 0) is 0 Å². The van der Waals surface area contributed by atoms with E-state index in [-0.39, 0.29) is 10.4 Å². The van der Waals surface area contributed by atoms with Gasteiger partial charge in [-0.15, -0.1) is 0 Å². The molecule has 0 heterocycles. The third kappa shape index (κ3) is 2.45. The molecule has 0 bridgehead atoms. The molecular weight excluding hydrogens is 227 g/mol. The maximum Gasteiger partial charge on any atom is 0.143 e. The highest BCUT2D eigenvalue weighted by atomic mass is 35.5. The lowest BCUT2D eigenvalue weighted by Gasteiger charge is -2.13. The van der Waals surface area contributed by atoms with Crippen LogP contribution in [0.5, 0.6) is 0 Å². The summed E-state index contributed by atoms with van der Waals surface area (Å²) < 4.78 is 13.1. The molecule has 1 aromatic rings. The first-order valence-corrected chi connectivity index (χ1v) is 5.59. The van der Waals surface area contributed by atoms with Gasteiger partial charge < -0.3 is 5.32 Å². The Labute approximate surface area is 99.0 Å². The molecule has 0 aromatic heterocycles. The van der Waals surface area contributed by atoms with Gasteiger partial charge in [0.2, 0.25) is 0 Å². The largest absolute Gasteiger partial charge is 0.384 e. The van der Waals surface area contributed by atoms with Crippen molar-refractivity contribution in [2.75, 3.05) is 11.9 Å². The van der Waals surface area contributed by atoms with E-state index in [1.54, 1.807) is 6.07 Å². The topological polar surface area (TPSA) is 35.8 Å². The Hall–Kier alpha value is -1.27. The van der Waals surface area contributed by atoms with E-state index in [2.05, 4.69) is 11.4 Å². The molecule has 0 spiro atoms. The van der Waals surface area contributed by atoms with E-state index in [1.165, 1.54) is 12.1 Å². The molecule has 0 aliphatic heterocycles. The summed E-state index contributed by atoms with van der Waals surface area (Å²) in [5.74, 6) is -0.420. The molecule has 0 atom stereocenters. The molecule has 2 rings (SSSR count). The number of hydrogen-bond acceptors (Lipinski definition) is 2. The number of nitriles is 1. The zero-order chi connectivity index (χ0) is 11.6. The van der Waals surface area contributed by atoms with Gasteiger partial charge in [-0.3, -0.25) is 0 Å². The molecule has 0 radical (unpaired) electrons. The van der Waals surface area contributed by atoms with Gasteiger partial charge in [0.25, 0.3) is 0 Å². The Kier molecular flexibility index (Phi) is 3.02. The van der Waals surface area contributed by atoms with Crippen molar-refractivity contribution in [3.8, 4) is 6.07 Å². The summed E-state index contributed by atoms with van der Waals surface area (Å²) in [5, 5.41) is 11.9. The second-order valence-corrected chi connectivity index (χ2v) is 4.72. The van der Waals surface area contributed by atoms with Crippen molar-refractivity contribution < 1.29 is 4.39 Å². The van der Waals surface area contributed by atoms with E-state index < -0.39 is 5.82 Å². The number of nitrogens with zero attached hydrogens (tertiary/aromatic N) is 1. The van der Waals surface area contributed by atoms with Crippen LogP contribution >= 0.6 is 11.6 Å². The number of hydrogen-bond donors (Lipinski definition) is 1. The summed E-state index contributed by atoms with van der Waals surface area (Å²) in [6, 6.07) is 6.85. The van der Waals surface area contributed by atoms with Crippen molar-refractivity contribution in [1.82, 2.24) is 0 Å². The van der Waals surface area contributed by atoms with Gasteiger partial charge in [0.15, 0.2) is 0 Å². The quantitative estimate of drug-likeness (QED) is 0.870. The molecule has 1 aliphatic carbocycles. The molecule has 4 heteroatoms. The van der Waals surface area contributed by atoms with Crippen LogP contribution in [-0.4, -0.2) is 6.54 Å². The van der Waals surface area contributed by atoms with Gasteiger partial charge in [-0.05, 0) is 31.0 Å². The smallest absolute Gasteiger partial charge is 0.143 e. The van der Waals surface area contributed by atoms with Gasteiger partial charge in [-0.1, -0.05) is 11.6 Å². The Bertz CT molecular complexity index is 435. The second-order valence-electron chi connectivity index (χ2n) is 4.32. The highest BCUT2D eigenvalue weighted by Gasteiger charge is 2.42. The predicted molar refractivity (Wildman–Crippen MR) is 61.8 cm³/mol. The Morgan fingerprint density at radius 2 is 2.25 bits per heavy atom. The van der Waals surface area contributed by atoms with E-state index in [9.17, 15) is 4.39 Å². The lowest BCUT2D eigenvalue weighted by Crippen LogP contribution is -2.14. The van der Waals surface area contributed by atoms with Crippen LogP contribution in [0.15, 0.2) is 18.2 Å². The number of anilines is 1. The predicted octanol–water partition coefficient (Wildman–Crippen LogP) is 3.58. The minimum absolute atomic E-state index is 0.116.